The summed E-state index contributed by atoms with van der Waals surface area (Å²) >= 11 is 0. The van der Waals surface area contributed by atoms with Crippen molar-refractivity contribution in [1.82, 2.24) is 0 Å². The molecule has 0 aromatic rings. The number of aliphatic hydroxyl groups excluding tert-OH is 1. The molecule has 0 bridgehead atoms. The summed E-state index contributed by atoms with van der Waals surface area (Å²) in [5, 5.41) is 8.97. The largest absolute Gasteiger partial charge is 0.508 e. The van der Waals surface area contributed by atoms with E-state index < -0.39 is 0 Å². The van der Waals surface area contributed by atoms with E-state index >= 15 is 0 Å². The van der Waals surface area contributed by atoms with E-state index in [0.29, 0.717) is 5.57 Å². The van der Waals surface area contributed by atoms with Gasteiger partial charge in [-0.3, -0.25) is 0 Å². The van der Waals surface area contributed by atoms with Crippen LogP contribution in [0.3, 0.4) is 0 Å². The number of hydrogen-bond donors (Lipinski definition) is 1. The van der Waals surface area contributed by atoms with Crippen molar-refractivity contribution in [2.24, 2.45) is 0 Å². The number of allylic oxidation sites excluding steroid dienone is 4. The quantitative estimate of drug-likeness (QED) is 0.443. The van der Waals surface area contributed by atoms with E-state index in [1.54, 1.807) is 19.1 Å². The van der Waals surface area contributed by atoms with E-state index in [1.165, 1.54) is 0 Å². The Bertz CT molecular complexity index is 152. The molecule has 0 atom stereocenters. The Morgan fingerprint density at radius 3 is 2.44 bits per heavy atom. The molecular formula is C8H12O. The van der Waals surface area contributed by atoms with Crippen LogP contribution in [-0.4, -0.2) is 5.11 Å². The summed E-state index contributed by atoms with van der Waals surface area (Å²) in [4.78, 5) is 0. The van der Waals surface area contributed by atoms with Crippen LogP contribution >= 0.6 is 0 Å². The third kappa shape index (κ3) is 3.59. The second-order valence-corrected chi connectivity index (χ2v) is 1.86. The Balaban J connectivity index is 4.00. The Kier molecular flexibility index (Phi) is 3.52. The van der Waals surface area contributed by atoms with Gasteiger partial charge < -0.3 is 5.11 Å². The second-order valence-electron chi connectivity index (χ2n) is 1.86. The molecule has 0 fully saturated rings. The van der Waals surface area contributed by atoms with E-state index in [-0.39, 0.29) is 5.76 Å². The van der Waals surface area contributed by atoms with Crippen molar-refractivity contribution in [3.05, 3.63) is 36.1 Å². The van der Waals surface area contributed by atoms with Gasteiger partial charge in [0.1, 0.15) is 5.76 Å². The zero-order valence-electron chi connectivity index (χ0n) is 5.89. The Morgan fingerprint density at radius 2 is 2.11 bits per heavy atom. The summed E-state index contributed by atoms with van der Waals surface area (Å²) in [6, 6.07) is 0. The summed E-state index contributed by atoms with van der Waals surface area (Å²) in [6.07, 6.45) is 5.23. The maximum Gasteiger partial charge on any atom is 0.117 e. The molecule has 0 heterocycles. The highest BCUT2D eigenvalue weighted by molar-refractivity contribution is 5.22. The molecule has 0 radical (unpaired) electrons. The molecule has 0 aliphatic carbocycles. The third-order valence-electron chi connectivity index (χ3n) is 0.884. The summed E-state index contributed by atoms with van der Waals surface area (Å²) in [7, 11) is 0. The van der Waals surface area contributed by atoms with Crippen molar-refractivity contribution in [3.8, 4) is 0 Å². The lowest BCUT2D eigenvalue weighted by Gasteiger charge is -1.92. The molecule has 0 saturated carbocycles. The maximum absolute atomic E-state index is 8.97. The van der Waals surface area contributed by atoms with Gasteiger partial charge in [0.2, 0.25) is 0 Å². The van der Waals surface area contributed by atoms with Crippen molar-refractivity contribution in [1.29, 1.82) is 0 Å². The van der Waals surface area contributed by atoms with Gasteiger partial charge in [-0.05, 0) is 25.5 Å². The molecule has 0 aliphatic heterocycles. The minimum absolute atomic E-state index is 0.244. The zero-order valence-corrected chi connectivity index (χ0v) is 5.89. The van der Waals surface area contributed by atoms with E-state index in [0.717, 1.165) is 0 Å². The third-order valence-corrected chi connectivity index (χ3v) is 0.884. The average Bonchev–Trinajstić information content (AvgIpc) is 1.82. The number of rotatable bonds is 2. The Morgan fingerprint density at radius 1 is 1.56 bits per heavy atom. The van der Waals surface area contributed by atoms with Crippen molar-refractivity contribution in [2.45, 2.75) is 13.8 Å². The van der Waals surface area contributed by atoms with Crippen LogP contribution in [0.4, 0.5) is 0 Å². The first-order valence-electron chi connectivity index (χ1n) is 2.86. The molecule has 0 rings (SSSR count). The monoisotopic (exact) mass is 124 g/mol. The van der Waals surface area contributed by atoms with Gasteiger partial charge in [0, 0.05) is 0 Å². The molecule has 1 N–H and O–H groups in total. The Labute approximate surface area is 56.0 Å². The average molecular weight is 124 g/mol. The lowest BCUT2D eigenvalue weighted by Crippen LogP contribution is -1.77. The van der Waals surface area contributed by atoms with Gasteiger partial charge in [-0.25, -0.2) is 0 Å². The fourth-order valence-electron chi connectivity index (χ4n) is 0.330. The first kappa shape index (κ1) is 8.02. The van der Waals surface area contributed by atoms with E-state index in [2.05, 4.69) is 6.58 Å². The standard InChI is InChI=1S/C8H12O/c1-4-5-6-8(9)7(2)3/h4-6,9H,2H2,1,3H3/b5-4-,8-6+. The molecule has 9 heavy (non-hydrogen) atoms. The molecule has 0 amide bonds. The number of aliphatic hydroxyl groups is 1. The predicted molar refractivity (Wildman–Crippen MR) is 40.3 cm³/mol. The highest BCUT2D eigenvalue weighted by Crippen LogP contribution is 2.00. The highest BCUT2D eigenvalue weighted by atomic mass is 16.3. The minimum atomic E-state index is 0.244. The lowest BCUT2D eigenvalue weighted by atomic mass is 10.2. The van der Waals surface area contributed by atoms with E-state index in [9.17, 15) is 0 Å². The highest BCUT2D eigenvalue weighted by Gasteiger charge is 1.86. The van der Waals surface area contributed by atoms with Crippen LogP contribution < -0.4 is 0 Å². The zero-order chi connectivity index (χ0) is 7.28. The fourth-order valence-corrected chi connectivity index (χ4v) is 0.330. The molecule has 0 spiro atoms. The van der Waals surface area contributed by atoms with Gasteiger partial charge >= 0.3 is 0 Å². The SMILES string of the molecule is C=C(C)/C(O)=C\C=C/C. The maximum atomic E-state index is 8.97. The van der Waals surface area contributed by atoms with Gasteiger partial charge in [0.05, 0.1) is 0 Å². The molecule has 0 aromatic carbocycles. The molecule has 1 nitrogen and oxygen atoms in total. The Hall–Kier alpha value is -0.980. The van der Waals surface area contributed by atoms with Gasteiger partial charge in [-0.1, -0.05) is 18.7 Å². The first-order valence-corrected chi connectivity index (χ1v) is 2.86. The van der Waals surface area contributed by atoms with Crippen LogP contribution in [0.5, 0.6) is 0 Å². The molecule has 0 aliphatic rings. The summed E-state index contributed by atoms with van der Waals surface area (Å²) in [6.45, 7) is 7.21. The number of hydrogen-bond acceptors (Lipinski definition) is 1. The molecular weight excluding hydrogens is 112 g/mol. The predicted octanol–water partition coefficient (Wildman–Crippen LogP) is 2.58. The van der Waals surface area contributed by atoms with Crippen LogP contribution in [0, 0.1) is 0 Å². The van der Waals surface area contributed by atoms with Gasteiger partial charge in [0.15, 0.2) is 0 Å². The molecule has 0 saturated heterocycles. The minimum Gasteiger partial charge on any atom is -0.508 e. The van der Waals surface area contributed by atoms with Crippen LogP contribution in [0.15, 0.2) is 36.1 Å². The van der Waals surface area contributed by atoms with E-state index in [4.69, 9.17) is 5.11 Å². The summed E-state index contributed by atoms with van der Waals surface area (Å²) in [5.74, 6) is 0.244. The molecule has 0 unspecified atom stereocenters. The fraction of sp³-hybridized carbons (Fsp3) is 0.250. The summed E-state index contributed by atoms with van der Waals surface area (Å²) in [5.41, 5.74) is 0.688. The molecule has 1 heteroatoms. The van der Waals surface area contributed by atoms with Crippen molar-refractivity contribution in [2.75, 3.05) is 0 Å². The van der Waals surface area contributed by atoms with Crippen molar-refractivity contribution in [3.63, 3.8) is 0 Å². The normalized spacial score (nSPS) is 12.4. The van der Waals surface area contributed by atoms with Gasteiger partial charge in [-0.2, -0.15) is 0 Å². The second kappa shape index (κ2) is 3.96. The lowest BCUT2D eigenvalue weighted by molar-refractivity contribution is 0.424. The topological polar surface area (TPSA) is 20.2 Å². The van der Waals surface area contributed by atoms with Crippen LogP contribution in [0.1, 0.15) is 13.8 Å². The van der Waals surface area contributed by atoms with Crippen molar-refractivity contribution >= 4 is 0 Å². The van der Waals surface area contributed by atoms with Crippen LogP contribution in [0.25, 0.3) is 0 Å². The first-order chi connectivity index (χ1) is 4.18. The van der Waals surface area contributed by atoms with Crippen molar-refractivity contribution < 1.29 is 5.11 Å². The smallest absolute Gasteiger partial charge is 0.117 e. The molecule has 0 aromatic heterocycles. The summed E-state index contributed by atoms with van der Waals surface area (Å²) < 4.78 is 0. The van der Waals surface area contributed by atoms with Gasteiger partial charge in [-0.15, -0.1) is 0 Å². The van der Waals surface area contributed by atoms with Crippen LogP contribution in [-0.2, 0) is 0 Å². The molecule has 50 valence electrons. The van der Waals surface area contributed by atoms with E-state index in [1.807, 2.05) is 13.0 Å². The van der Waals surface area contributed by atoms with Gasteiger partial charge in [0.25, 0.3) is 0 Å². The van der Waals surface area contributed by atoms with Crippen LogP contribution in [0.2, 0.25) is 0 Å².